The van der Waals surface area contributed by atoms with Crippen LogP contribution >= 0.6 is 0 Å². The number of nitrogens with one attached hydrogen (secondary N) is 2. The van der Waals surface area contributed by atoms with Gasteiger partial charge in [0.15, 0.2) is 17.7 Å². The highest BCUT2D eigenvalue weighted by molar-refractivity contribution is 5.80. The molecule has 2 atom stereocenters. The number of hydrogen-bond acceptors (Lipinski definition) is 3. The third kappa shape index (κ3) is 5.34. The largest absolute Gasteiger partial charge is 0.478 e. The van der Waals surface area contributed by atoms with Crippen LogP contribution in [0.3, 0.4) is 0 Å². The third-order valence-electron chi connectivity index (χ3n) is 3.25. The summed E-state index contributed by atoms with van der Waals surface area (Å²) >= 11 is 0. The van der Waals surface area contributed by atoms with E-state index in [0.717, 1.165) is 5.56 Å². The Balaban J connectivity index is 2.68. The van der Waals surface area contributed by atoms with Crippen molar-refractivity contribution in [2.75, 3.05) is 13.6 Å². The molecule has 0 aliphatic rings. The van der Waals surface area contributed by atoms with Crippen molar-refractivity contribution >= 4 is 5.91 Å². The van der Waals surface area contributed by atoms with Gasteiger partial charge in [-0.2, -0.15) is 0 Å². The van der Waals surface area contributed by atoms with Gasteiger partial charge in [0.25, 0.3) is 5.91 Å². The predicted octanol–water partition coefficient (Wildman–Crippen LogP) is 2.65. The Bertz CT molecular complexity index is 477. The van der Waals surface area contributed by atoms with Crippen LogP contribution in [0.1, 0.15) is 39.3 Å². The lowest BCUT2D eigenvalue weighted by Gasteiger charge is -2.17. The van der Waals surface area contributed by atoms with E-state index in [2.05, 4.69) is 10.6 Å². The molecule has 5 heteroatoms. The molecular formula is C16H25FN2O2. The summed E-state index contributed by atoms with van der Waals surface area (Å²) in [6.45, 7) is 8.14. The number of hydrogen-bond donors (Lipinski definition) is 2. The Hall–Kier alpha value is -1.62. The lowest BCUT2D eigenvalue weighted by atomic mass is 10.1. The van der Waals surface area contributed by atoms with Crippen molar-refractivity contribution in [2.45, 2.75) is 39.8 Å². The van der Waals surface area contributed by atoms with Crippen molar-refractivity contribution in [2.24, 2.45) is 5.92 Å². The van der Waals surface area contributed by atoms with Crippen LogP contribution in [0.5, 0.6) is 5.75 Å². The van der Waals surface area contributed by atoms with Crippen LogP contribution in [-0.4, -0.2) is 25.6 Å². The Morgan fingerprint density at radius 3 is 2.48 bits per heavy atom. The van der Waals surface area contributed by atoms with Crippen LogP contribution < -0.4 is 15.4 Å². The summed E-state index contributed by atoms with van der Waals surface area (Å²) in [7, 11) is 1.81. The quantitative estimate of drug-likeness (QED) is 0.813. The van der Waals surface area contributed by atoms with Gasteiger partial charge in [0.05, 0.1) is 0 Å². The minimum absolute atomic E-state index is 0.0558. The highest BCUT2D eigenvalue weighted by Crippen LogP contribution is 2.22. The maximum atomic E-state index is 14.0. The van der Waals surface area contributed by atoms with Gasteiger partial charge in [0.1, 0.15) is 0 Å². The van der Waals surface area contributed by atoms with Crippen molar-refractivity contribution in [3.63, 3.8) is 0 Å². The number of carbonyl (C=O) groups excluding carboxylic acids is 1. The lowest BCUT2D eigenvalue weighted by Crippen LogP contribution is -2.38. The van der Waals surface area contributed by atoms with Crippen LogP contribution in [0.4, 0.5) is 4.39 Å². The van der Waals surface area contributed by atoms with Crippen LogP contribution in [0.15, 0.2) is 18.2 Å². The number of benzene rings is 1. The maximum absolute atomic E-state index is 14.0. The molecule has 118 valence electrons. The van der Waals surface area contributed by atoms with E-state index < -0.39 is 11.9 Å². The molecule has 4 nitrogen and oxygen atoms in total. The summed E-state index contributed by atoms with van der Waals surface area (Å²) in [5, 5.41) is 5.81. The highest BCUT2D eigenvalue weighted by atomic mass is 19.1. The smallest absolute Gasteiger partial charge is 0.260 e. The van der Waals surface area contributed by atoms with Gasteiger partial charge in [-0.25, -0.2) is 4.39 Å². The zero-order valence-electron chi connectivity index (χ0n) is 13.4. The molecule has 0 aromatic heterocycles. The number of carbonyl (C=O) groups is 1. The first kappa shape index (κ1) is 17.4. The lowest BCUT2D eigenvalue weighted by molar-refractivity contribution is -0.127. The van der Waals surface area contributed by atoms with E-state index in [1.165, 1.54) is 6.07 Å². The van der Waals surface area contributed by atoms with Crippen molar-refractivity contribution in [1.29, 1.82) is 0 Å². The van der Waals surface area contributed by atoms with Crippen LogP contribution in [-0.2, 0) is 4.79 Å². The molecule has 0 saturated carbocycles. The van der Waals surface area contributed by atoms with Gasteiger partial charge >= 0.3 is 0 Å². The van der Waals surface area contributed by atoms with Gasteiger partial charge in [-0.3, -0.25) is 4.79 Å². The van der Waals surface area contributed by atoms with Gasteiger partial charge in [-0.05, 0) is 44.5 Å². The summed E-state index contributed by atoms with van der Waals surface area (Å²) in [6, 6.07) is 4.83. The van der Waals surface area contributed by atoms with Gasteiger partial charge < -0.3 is 15.4 Å². The van der Waals surface area contributed by atoms with Crippen molar-refractivity contribution in [3.8, 4) is 5.75 Å². The Labute approximate surface area is 126 Å². The first-order valence-corrected chi connectivity index (χ1v) is 7.26. The van der Waals surface area contributed by atoms with E-state index in [0.29, 0.717) is 12.5 Å². The standard InChI is InChI=1S/C16H25FN2O2/c1-10(2)9-19-16(20)12(4)21-15-7-6-13(8-14(15)17)11(3)18-5/h6-8,10-12,18H,9H2,1-5H3,(H,19,20). The van der Waals surface area contributed by atoms with E-state index >= 15 is 0 Å². The van der Waals surface area contributed by atoms with Gasteiger partial charge in [-0.15, -0.1) is 0 Å². The molecule has 2 unspecified atom stereocenters. The van der Waals surface area contributed by atoms with Crippen LogP contribution in [0.2, 0.25) is 0 Å². The first-order valence-electron chi connectivity index (χ1n) is 7.26. The van der Waals surface area contributed by atoms with Crippen molar-refractivity contribution in [3.05, 3.63) is 29.6 Å². The average molecular weight is 296 g/mol. The molecule has 0 heterocycles. The monoisotopic (exact) mass is 296 g/mol. The van der Waals surface area contributed by atoms with E-state index in [1.807, 2.05) is 27.8 Å². The zero-order valence-corrected chi connectivity index (χ0v) is 13.4. The normalized spacial score (nSPS) is 13.9. The third-order valence-corrected chi connectivity index (χ3v) is 3.25. The van der Waals surface area contributed by atoms with Crippen LogP contribution in [0.25, 0.3) is 0 Å². The predicted molar refractivity (Wildman–Crippen MR) is 81.8 cm³/mol. The fourth-order valence-electron chi connectivity index (χ4n) is 1.74. The minimum Gasteiger partial charge on any atom is -0.478 e. The topological polar surface area (TPSA) is 50.4 Å². The second-order valence-electron chi connectivity index (χ2n) is 5.60. The molecule has 0 aliphatic carbocycles. The first-order chi connectivity index (χ1) is 9.85. The molecule has 21 heavy (non-hydrogen) atoms. The Morgan fingerprint density at radius 2 is 1.95 bits per heavy atom. The summed E-state index contributed by atoms with van der Waals surface area (Å²) in [5.41, 5.74) is 0.833. The van der Waals surface area contributed by atoms with Gasteiger partial charge in [-0.1, -0.05) is 19.9 Å². The molecule has 0 spiro atoms. The molecule has 1 aromatic rings. The van der Waals surface area contributed by atoms with E-state index in [4.69, 9.17) is 4.74 Å². The zero-order chi connectivity index (χ0) is 16.0. The molecule has 0 saturated heterocycles. The van der Waals surface area contributed by atoms with Crippen LogP contribution in [0, 0.1) is 11.7 Å². The molecule has 0 aliphatic heterocycles. The van der Waals surface area contributed by atoms with E-state index in [9.17, 15) is 9.18 Å². The molecule has 2 N–H and O–H groups in total. The number of rotatable bonds is 7. The van der Waals surface area contributed by atoms with Crippen molar-refractivity contribution < 1.29 is 13.9 Å². The van der Waals surface area contributed by atoms with E-state index in [-0.39, 0.29) is 17.7 Å². The fourth-order valence-corrected chi connectivity index (χ4v) is 1.74. The Kier molecular flexibility index (Phi) is 6.62. The van der Waals surface area contributed by atoms with E-state index in [1.54, 1.807) is 19.1 Å². The maximum Gasteiger partial charge on any atom is 0.260 e. The molecule has 1 aromatic carbocycles. The molecule has 1 rings (SSSR count). The van der Waals surface area contributed by atoms with Crippen molar-refractivity contribution in [1.82, 2.24) is 10.6 Å². The highest BCUT2D eigenvalue weighted by Gasteiger charge is 2.17. The summed E-state index contributed by atoms with van der Waals surface area (Å²) in [6.07, 6.45) is -0.731. The molecule has 1 amide bonds. The number of halogens is 1. The summed E-state index contributed by atoms with van der Waals surface area (Å²) in [5.74, 6) is -0.247. The number of ether oxygens (including phenoxy) is 1. The average Bonchev–Trinajstić information content (AvgIpc) is 2.45. The summed E-state index contributed by atoms with van der Waals surface area (Å²) < 4.78 is 19.4. The SMILES string of the molecule is CNC(C)c1ccc(OC(C)C(=O)NCC(C)C)c(F)c1. The minimum atomic E-state index is -0.731. The summed E-state index contributed by atoms with van der Waals surface area (Å²) in [4.78, 5) is 11.8. The molecular weight excluding hydrogens is 271 g/mol. The van der Waals surface area contributed by atoms with Gasteiger partial charge in [0.2, 0.25) is 0 Å². The van der Waals surface area contributed by atoms with Gasteiger partial charge in [0, 0.05) is 12.6 Å². The molecule has 0 fully saturated rings. The fraction of sp³-hybridized carbons (Fsp3) is 0.562. The number of amides is 1. The second-order valence-corrected chi connectivity index (χ2v) is 5.60. The Morgan fingerprint density at radius 1 is 1.29 bits per heavy atom. The molecule has 0 radical (unpaired) electrons. The second kappa shape index (κ2) is 7.98. The molecule has 0 bridgehead atoms.